The highest BCUT2D eigenvalue weighted by atomic mass is 16.6. The summed E-state index contributed by atoms with van der Waals surface area (Å²) in [7, 11) is 0. The lowest BCUT2D eigenvalue weighted by Gasteiger charge is -2.18. The SMILES string of the molecule is CCCCC/C=C\C/C=C\C/C=C\CCCCC(=O)O[C@H](COC(=O)CCCCCCC/C=C\CCCCCC)COC(=O)CCCCCCCCCCCCCCCCCCCC. The van der Waals surface area contributed by atoms with Crippen LogP contribution in [0.2, 0.25) is 0 Å². The maximum absolute atomic E-state index is 12.8. The Labute approximate surface area is 397 Å². The Bertz CT molecular complexity index is 1120. The molecule has 64 heavy (non-hydrogen) atoms. The zero-order chi connectivity index (χ0) is 46.5. The summed E-state index contributed by atoms with van der Waals surface area (Å²) in [6.45, 7) is 6.58. The van der Waals surface area contributed by atoms with E-state index >= 15 is 0 Å². The van der Waals surface area contributed by atoms with Gasteiger partial charge in [-0.1, -0.05) is 230 Å². The Balaban J connectivity index is 4.39. The van der Waals surface area contributed by atoms with Crippen molar-refractivity contribution >= 4 is 17.9 Å². The topological polar surface area (TPSA) is 78.9 Å². The summed E-state index contributed by atoms with van der Waals surface area (Å²) in [5.41, 5.74) is 0. The molecule has 0 aliphatic heterocycles. The molecule has 372 valence electrons. The molecule has 0 saturated heterocycles. The zero-order valence-electron chi connectivity index (χ0n) is 42.6. The summed E-state index contributed by atoms with van der Waals surface area (Å²) >= 11 is 0. The van der Waals surface area contributed by atoms with E-state index in [1.54, 1.807) is 0 Å². The lowest BCUT2D eigenvalue weighted by Crippen LogP contribution is -2.30. The first-order valence-corrected chi connectivity index (χ1v) is 27.6. The predicted molar refractivity (Wildman–Crippen MR) is 275 cm³/mol. The second-order valence-electron chi connectivity index (χ2n) is 18.5. The molecule has 0 rings (SSSR count). The number of ether oxygens (including phenoxy) is 3. The number of unbranched alkanes of at least 4 members (excludes halogenated alkanes) is 31. The largest absolute Gasteiger partial charge is 0.462 e. The fraction of sp³-hybridized carbons (Fsp3) is 0.810. The first kappa shape index (κ1) is 61.4. The van der Waals surface area contributed by atoms with Gasteiger partial charge in [0, 0.05) is 19.3 Å². The molecule has 0 fully saturated rings. The van der Waals surface area contributed by atoms with E-state index < -0.39 is 6.10 Å². The van der Waals surface area contributed by atoms with Crippen molar-refractivity contribution in [2.45, 2.75) is 290 Å². The summed E-state index contributed by atoms with van der Waals surface area (Å²) in [6.07, 6.45) is 63.8. The third kappa shape index (κ3) is 50.4. The van der Waals surface area contributed by atoms with Crippen LogP contribution in [0.4, 0.5) is 0 Å². The number of carbonyl (C=O) groups is 3. The van der Waals surface area contributed by atoms with E-state index in [1.165, 1.54) is 167 Å². The molecule has 0 saturated carbocycles. The summed E-state index contributed by atoms with van der Waals surface area (Å²) < 4.78 is 16.8. The minimum absolute atomic E-state index is 0.0883. The molecule has 1 atom stereocenters. The molecule has 0 aliphatic rings. The van der Waals surface area contributed by atoms with Crippen LogP contribution < -0.4 is 0 Å². The van der Waals surface area contributed by atoms with Crippen molar-refractivity contribution in [2.24, 2.45) is 0 Å². The molecular formula is C58H104O6. The first-order chi connectivity index (χ1) is 31.5. The third-order valence-electron chi connectivity index (χ3n) is 12.1. The van der Waals surface area contributed by atoms with Gasteiger partial charge in [-0.3, -0.25) is 14.4 Å². The van der Waals surface area contributed by atoms with Crippen molar-refractivity contribution in [3.8, 4) is 0 Å². The van der Waals surface area contributed by atoms with Crippen LogP contribution >= 0.6 is 0 Å². The summed E-state index contributed by atoms with van der Waals surface area (Å²) in [5.74, 6) is -0.925. The number of esters is 3. The van der Waals surface area contributed by atoms with Crippen molar-refractivity contribution in [1.29, 1.82) is 0 Å². The molecule has 0 aliphatic carbocycles. The molecule has 0 N–H and O–H groups in total. The smallest absolute Gasteiger partial charge is 0.306 e. The Hall–Kier alpha value is -2.63. The maximum Gasteiger partial charge on any atom is 0.306 e. The number of hydrogen-bond acceptors (Lipinski definition) is 6. The van der Waals surface area contributed by atoms with Crippen LogP contribution in [0, 0.1) is 0 Å². The van der Waals surface area contributed by atoms with Crippen LogP contribution in [-0.4, -0.2) is 37.2 Å². The van der Waals surface area contributed by atoms with Crippen LogP contribution in [0.15, 0.2) is 48.6 Å². The minimum atomic E-state index is -0.793. The highest BCUT2D eigenvalue weighted by molar-refractivity contribution is 5.71. The maximum atomic E-state index is 12.8. The average Bonchev–Trinajstić information content (AvgIpc) is 3.29. The number of allylic oxidation sites excluding steroid dienone is 8. The molecule has 0 aromatic rings. The molecule has 0 aromatic heterocycles. The molecule has 0 heterocycles. The second kappa shape index (κ2) is 53.0. The van der Waals surface area contributed by atoms with E-state index in [0.29, 0.717) is 19.3 Å². The van der Waals surface area contributed by atoms with E-state index in [2.05, 4.69) is 69.4 Å². The molecule has 0 aromatic carbocycles. The average molecular weight is 897 g/mol. The monoisotopic (exact) mass is 897 g/mol. The lowest BCUT2D eigenvalue weighted by atomic mass is 10.0. The molecule has 0 amide bonds. The summed E-state index contributed by atoms with van der Waals surface area (Å²) in [6, 6.07) is 0. The van der Waals surface area contributed by atoms with Gasteiger partial charge in [-0.25, -0.2) is 0 Å². The summed E-state index contributed by atoms with van der Waals surface area (Å²) in [5, 5.41) is 0. The third-order valence-corrected chi connectivity index (χ3v) is 12.1. The molecular weight excluding hydrogens is 793 g/mol. The van der Waals surface area contributed by atoms with Gasteiger partial charge >= 0.3 is 17.9 Å². The fourth-order valence-electron chi connectivity index (χ4n) is 7.86. The lowest BCUT2D eigenvalue weighted by molar-refractivity contribution is -0.167. The fourth-order valence-corrected chi connectivity index (χ4v) is 7.86. The molecule has 6 nitrogen and oxygen atoms in total. The van der Waals surface area contributed by atoms with Gasteiger partial charge in [0.15, 0.2) is 6.10 Å². The van der Waals surface area contributed by atoms with Gasteiger partial charge in [0.05, 0.1) is 0 Å². The predicted octanol–water partition coefficient (Wildman–Crippen LogP) is 18.3. The quantitative estimate of drug-likeness (QED) is 0.0262. The van der Waals surface area contributed by atoms with Crippen LogP contribution in [0.1, 0.15) is 284 Å². The van der Waals surface area contributed by atoms with Crippen LogP contribution in [0.5, 0.6) is 0 Å². The number of rotatable bonds is 50. The van der Waals surface area contributed by atoms with Crippen molar-refractivity contribution in [3.05, 3.63) is 48.6 Å². The van der Waals surface area contributed by atoms with Crippen molar-refractivity contribution < 1.29 is 28.6 Å². The van der Waals surface area contributed by atoms with Gasteiger partial charge in [-0.05, 0) is 83.5 Å². The van der Waals surface area contributed by atoms with E-state index in [0.717, 1.165) is 70.6 Å². The second-order valence-corrected chi connectivity index (χ2v) is 18.5. The zero-order valence-corrected chi connectivity index (χ0v) is 42.6. The number of hydrogen-bond donors (Lipinski definition) is 0. The van der Waals surface area contributed by atoms with Crippen LogP contribution in [0.25, 0.3) is 0 Å². The Morgan fingerprint density at radius 2 is 0.562 bits per heavy atom. The van der Waals surface area contributed by atoms with Gasteiger partial charge in [0.1, 0.15) is 13.2 Å². The van der Waals surface area contributed by atoms with Crippen LogP contribution in [0.3, 0.4) is 0 Å². The molecule has 6 heteroatoms. The van der Waals surface area contributed by atoms with Crippen molar-refractivity contribution in [3.63, 3.8) is 0 Å². The van der Waals surface area contributed by atoms with E-state index in [4.69, 9.17) is 14.2 Å². The highest BCUT2D eigenvalue weighted by Gasteiger charge is 2.19. The van der Waals surface area contributed by atoms with E-state index in [1.807, 2.05) is 0 Å². The molecule has 0 bridgehead atoms. The molecule has 0 radical (unpaired) electrons. The highest BCUT2D eigenvalue weighted by Crippen LogP contribution is 2.16. The Morgan fingerprint density at radius 3 is 0.969 bits per heavy atom. The van der Waals surface area contributed by atoms with E-state index in [-0.39, 0.29) is 37.5 Å². The summed E-state index contributed by atoms with van der Waals surface area (Å²) in [4.78, 5) is 38.0. The molecule has 0 spiro atoms. The molecule has 0 unspecified atom stereocenters. The normalized spacial score (nSPS) is 12.4. The standard InChI is InChI=1S/C58H104O6/c1-4-7-10-13-16-19-22-25-27-28-29-31-33-36-39-42-45-48-51-57(60)63-54-55(53-62-56(59)50-47-44-41-38-35-32-24-21-18-15-12-9-6-3)64-58(61)52-49-46-43-40-37-34-30-26-23-20-17-14-11-8-5-2/h17,20-21,24,26,30,37,40,55H,4-16,18-19,22-23,25,27-29,31-36,38-39,41-54H2,1-3H3/b20-17-,24-21-,30-26-,40-37-/t55-/m1/s1. The van der Waals surface area contributed by atoms with E-state index in [9.17, 15) is 14.4 Å². The van der Waals surface area contributed by atoms with Gasteiger partial charge in [0.2, 0.25) is 0 Å². The minimum Gasteiger partial charge on any atom is -0.462 e. The van der Waals surface area contributed by atoms with Gasteiger partial charge in [-0.15, -0.1) is 0 Å². The van der Waals surface area contributed by atoms with Crippen LogP contribution in [-0.2, 0) is 28.6 Å². The van der Waals surface area contributed by atoms with Gasteiger partial charge in [-0.2, -0.15) is 0 Å². The van der Waals surface area contributed by atoms with Crippen molar-refractivity contribution in [1.82, 2.24) is 0 Å². The van der Waals surface area contributed by atoms with Gasteiger partial charge < -0.3 is 14.2 Å². The Morgan fingerprint density at radius 1 is 0.312 bits per heavy atom. The Kier molecular flexibility index (Phi) is 50.8. The van der Waals surface area contributed by atoms with Gasteiger partial charge in [0.25, 0.3) is 0 Å². The number of carbonyl (C=O) groups excluding carboxylic acids is 3. The first-order valence-electron chi connectivity index (χ1n) is 27.6. The van der Waals surface area contributed by atoms with Crippen molar-refractivity contribution in [2.75, 3.05) is 13.2 Å².